The van der Waals surface area contributed by atoms with Gasteiger partial charge in [0.05, 0.1) is 5.60 Å². The molecule has 15 heavy (non-hydrogen) atoms. The van der Waals surface area contributed by atoms with Crippen LogP contribution in [0.3, 0.4) is 0 Å². The van der Waals surface area contributed by atoms with Crippen LogP contribution in [0.5, 0.6) is 0 Å². The zero-order valence-electron chi connectivity index (χ0n) is 11.4. The Hall–Kier alpha value is -0.0800. The molecular weight excluding hydrogens is 186 g/mol. The van der Waals surface area contributed by atoms with Gasteiger partial charge in [-0.3, -0.25) is 0 Å². The highest BCUT2D eigenvalue weighted by atomic mass is 16.5. The van der Waals surface area contributed by atoms with E-state index in [1.54, 1.807) is 0 Å². The van der Waals surface area contributed by atoms with Crippen LogP contribution in [-0.2, 0) is 4.74 Å². The van der Waals surface area contributed by atoms with Crippen molar-refractivity contribution in [3.63, 3.8) is 0 Å². The maximum Gasteiger partial charge on any atom is 0.0778 e. The first kappa shape index (κ1) is 14.9. The van der Waals surface area contributed by atoms with Gasteiger partial charge >= 0.3 is 0 Å². The van der Waals surface area contributed by atoms with Crippen LogP contribution in [0, 0.1) is 5.92 Å². The second kappa shape index (κ2) is 7.24. The Kier molecular flexibility index (Phi) is 7.20. The number of rotatable bonds is 8. The minimum atomic E-state index is -0.0551. The van der Waals surface area contributed by atoms with Crippen LogP contribution < -0.4 is 5.32 Å². The first-order chi connectivity index (χ1) is 6.94. The van der Waals surface area contributed by atoms with E-state index < -0.39 is 0 Å². The summed E-state index contributed by atoms with van der Waals surface area (Å²) in [6.07, 6.45) is 3.78. The van der Waals surface area contributed by atoms with E-state index >= 15 is 0 Å². The molecule has 0 saturated heterocycles. The van der Waals surface area contributed by atoms with Crippen LogP contribution in [0.25, 0.3) is 0 Å². The highest BCUT2D eigenvalue weighted by molar-refractivity contribution is 4.84. The molecule has 0 aromatic heterocycles. The summed E-state index contributed by atoms with van der Waals surface area (Å²) < 4.78 is 5.78. The van der Waals surface area contributed by atoms with E-state index in [-0.39, 0.29) is 5.60 Å². The van der Waals surface area contributed by atoms with Crippen LogP contribution in [0.4, 0.5) is 0 Å². The molecule has 1 atom stereocenters. The molecule has 92 valence electrons. The Labute approximate surface area is 95.8 Å². The summed E-state index contributed by atoms with van der Waals surface area (Å²) >= 11 is 0. The molecule has 0 rings (SSSR count). The molecule has 0 aliphatic rings. The van der Waals surface area contributed by atoms with E-state index in [4.69, 9.17) is 4.74 Å². The largest absolute Gasteiger partial charge is 0.374 e. The van der Waals surface area contributed by atoms with Crippen molar-refractivity contribution in [1.82, 2.24) is 5.32 Å². The Morgan fingerprint density at radius 3 is 2.20 bits per heavy atom. The molecule has 0 amide bonds. The highest BCUT2D eigenvalue weighted by Crippen LogP contribution is 2.20. The fraction of sp³-hybridized carbons (Fsp3) is 1.00. The Bertz CT molecular complexity index is 155. The predicted molar refractivity (Wildman–Crippen MR) is 67.2 cm³/mol. The first-order valence-electron chi connectivity index (χ1n) is 6.25. The van der Waals surface area contributed by atoms with Crippen molar-refractivity contribution in [3.8, 4) is 0 Å². The normalized spacial score (nSPS) is 14.6. The van der Waals surface area contributed by atoms with E-state index in [9.17, 15) is 0 Å². The summed E-state index contributed by atoms with van der Waals surface area (Å²) in [7, 11) is 2.03. The van der Waals surface area contributed by atoms with Gasteiger partial charge in [-0.25, -0.2) is 0 Å². The van der Waals surface area contributed by atoms with Gasteiger partial charge in [0.15, 0.2) is 0 Å². The van der Waals surface area contributed by atoms with Gasteiger partial charge in [0.25, 0.3) is 0 Å². The van der Waals surface area contributed by atoms with Crippen molar-refractivity contribution in [2.24, 2.45) is 5.92 Å². The summed E-state index contributed by atoms with van der Waals surface area (Å²) in [4.78, 5) is 0. The SMILES string of the molecule is CCOC(C)(C)C(CCCC(C)C)NC. The van der Waals surface area contributed by atoms with Gasteiger partial charge in [-0.2, -0.15) is 0 Å². The smallest absolute Gasteiger partial charge is 0.0778 e. The van der Waals surface area contributed by atoms with Crippen LogP contribution in [0.2, 0.25) is 0 Å². The number of hydrogen-bond donors (Lipinski definition) is 1. The zero-order chi connectivity index (χ0) is 11.9. The molecular formula is C13H29NO. The standard InChI is InChI=1S/C13H29NO/c1-7-15-13(4,5)12(14-6)10-8-9-11(2)3/h11-12,14H,7-10H2,1-6H3. The van der Waals surface area contributed by atoms with Crippen LogP contribution >= 0.6 is 0 Å². The van der Waals surface area contributed by atoms with Crippen molar-refractivity contribution in [2.45, 2.75) is 65.5 Å². The number of likely N-dealkylation sites (N-methyl/N-ethyl adjacent to an activating group) is 1. The molecule has 0 radical (unpaired) electrons. The lowest BCUT2D eigenvalue weighted by atomic mass is 9.92. The summed E-state index contributed by atoms with van der Waals surface area (Å²) in [5, 5.41) is 3.38. The van der Waals surface area contributed by atoms with Crippen LogP contribution in [0.15, 0.2) is 0 Å². The lowest BCUT2D eigenvalue weighted by Crippen LogP contribution is -2.47. The topological polar surface area (TPSA) is 21.3 Å². The summed E-state index contributed by atoms with van der Waals surface area (Å²) in [5.41, 5.74) is -0.0551. The lowest BCUT2D eigenvalue weighted by Gasteiger charge is -2.34. The van der Waals surface area contributed by atoms with Crippen molar-refractivity contribution in [1.29, 1.82) is 0 Å². The molecule has 0 aliphatic heterocycles. The molecule has 0 aliphatic carbocycles. The Morgan fingerprint density at radius 2 is 1.80 bits per heavy atom. The van der Waals surface area contributed by atoms with E-state index in [1.165, 1.54) is 19.3 Å². The second-order valence-electron chi connectivity index (χ2n) is 5.20. The Balaban J connectivity index is 4.00. The van der Waals surface area contributed by atoms with E-state index in [2.05, 4.69) is 39.9 Å². The molecule has 0 aromatic rings. The minimum absolute atomic E-state index is 0.0551. The number of hydrogen-bond acceptors (Lipinski definition) is 2. The fourth-order valence-corrected chi connectivity index (χ4v) is 2.04. The van der Waals surface area contributed by atoms with Gasteiger partial charge in [0.1, 0.15) is 0 Å². The van der Waals surface area contributed by atoms with E-state index in [0.717, 1.165) is 12.5 Å². The molecule has 0 fully saturated rings. The summed E-state index contributed by atoms with van der Waals surface area (Å²) in [6.45, 7) is 11.8. The average Bonchev–Trinajstić information content (AvgIpc) is 2.11. The van der Waals surface area contributed by atoms with E-state index in [1.807, 2.05) is 7.05 Å². The molecule has 2 heteroatoms. The maximum atomic E-state index is 5.78. The van der Waals surface area contributed by atoms with Crippen molar-refractivity contribution in [3.05, 3.63) is 0 Å². The minimum Gasteiger partial charge on any atom is -0.374 e. The molecule has 1 unspecified atom stereocenters. The average molecular weight is 215 g/mol. The maximum absolute atomic E-state index is 5.78. The molecule has 0 aromatic carbocycles. The summed E-state index contributed by atoms with van der Waals surface area (Å²) in [5.74, 6) is 0.803. The van der Waals surface area contributed by atoms with Crippen molar-refractivity contribution < 1.29 is 4.74 Å². The predicted octanol–water partition coefficient (Wildman–Crippen LogP) is 3.22. The molecule has 0 heterocycles. The van der Waals surface area contributed by atoms with Crippen molar-refractivity contribution in [2.75, 3.05) is 13.7 Å². The van der Waals surface area contributed by atoms with E-state index in [0.29, 0.717) is 6.04 Å². The third-order valence-corrected chi connectivity index (χ3v) is 2.98. The number of nitrogens with one attached hydrogen (secondary N) is 1. The quantitative estimate of drug-likeness (QED) is 0.671. The first-order valence-corrected chi connectivity index (χ1v) is 6.25. The van der Waals surface area contributed by atoms with Gasteiger partial charge < -0.3 is 10.1 Å². The molecule has 2 nitrogen and oxygen atoms in total. The third kappa shape index (κ3) is 6.16. The van der Waals surface area contributed by atoms with Gasteiger partial charge in [-0.15, -0.1) is 0 Å². The van der Waals surface area contributed by atoms with Crippen LogP contribution in [-0.4, -0.2) is 25.3 Å². The summed E-state index contributed by atoms with van der Waals surface area (Å²) in [6, 6.07) is 0.455. The monoisotopic (exact) mass is 215 g/mol. The molecule has 0 saturated carbocycles. The third-order valence-electron chi connectivity index (χ3n) is 2.98. The van der Waals surface area contributed by atoms with Crippen molar-refractivity contribution >= 4 is 0 Å². The molecule has 0 spiro atoms. The molecule has 0 bridgehead atoms. The Morgan fingerprint density at radius 1 is 1.20 bits per heavy atom. The van der Waals surface area contributed by atoms with Crippen LogP contribution in [0.1, 0.15) is 53.9 Å². The van der Waals surface area contributed by atoms with Gasteiger partial charge in [-0.05, 0) is 40.2 Å². The fourth-order valence-electron chi connectivity index (χ4n) is 2.04. The van der Waals surface area contributed by atoms with Gasteiger partial charge in [-0.1, -0.05) is 26.7 Å². The molecule has 1 N–H and O–H groups in total. The zero-order valence-corrected chi connectivity index (χ0v) is 11.4. The van der Waals surface area contributed by atoms with Gasteiger partial charge in [0.2, 0.25) is 0 Å². The van der Waals surface area contributed by atoms with Gasteiger partial charge in [0, 0.05) is 12.6 Å². The second-order valence-corrected chi connectivity index (χ2v) is 5.20. The number of ether oxygens (including phenoxy) is 1. The lowest BCUT2D eigenvalue weighted by molar-refractivity contribution is -0.0389. The highest BCUT2D eigenvalue weighted by Gasteiger charge is 2.28.